The number of hydrogen-bond donors (Lipinski definition) is 1. The van der Waals surface area contributed by atoms with Crippen LogP contribution in [-0.4, -0.2) is 14.2 Å². The maximum absolute atomic E-state index is 11.3. The van der Waals surface area contributed by atoms with Crippen molar-refractivity contribution >= 4 is 40.3 Å². The molecule has 0 radical (unpaired) electrons. The van der Waals surface area contributed by atoms with Crippen molar-refractivity contribution in [1.29, 1.82) is 0 Å². The molecule has 5 heteroatoms. The van der Waals surface area contributed by atoms with Gasteiger partial charge in [0.05, 0.1) is 4.91 Å². The van der Waals surface area contributed by atoms with Gasteiger partial charge in [-0.15, -0.1) is 0 Å². The molecule has 0 aromatic heterocycles. The molecule has 90 valence electrons. The first kappa shape index (κ1) is 12.8. The summed E-state index contributed by atoms with van der Waals surface area (Å²) >= 11 is 3.85. The molecule has 0 saturated heterocycles. The number of halogens is 1. The second-order valence-electron chi connectivity index (χ2n) is 3.80. The van der Waals surface area contributed by atoms with E-state index in [4.69, 9.17) is 5.73 Å². The highest BCUT2D eigenvalue weighted by Crippen LogP contribution is 2.41. The molecule has 1 aromatic carbocycles. The van der Waals surface area contributed by atoms with Gasteiger partial charge < -0.3 is 10.6 Å². The van der Waals surface area contributed by atoms with Gasteiger partial charge in [-0.25, -0.2) is 0 Å². The molecular weight excluding hydrogens is 347 g/mol. The van der Waals surface area contributed by atoms with E-state index in [1.54, 1.807) is 0 Å². The summed E-state index contributed by atoms with van der Waals surface area (Å²) in [6, 6.07) is 10.2. The molecule has 1 heterocycles. The van der Waals surface area contributed by atoms with Crippen molar-refractivity contribution in [3.05, 3.63) is 46.5 Å². The molecule has 0 aliphatic carbocycles. The number of rotatable bonds is 3. The van der Waals surface area contributed by atoms with Crippen molar-refractivity contribution in [2.45, 2.75) is 16.8 Å². The zero-order valence-electron chi connectivity index (χ0n) is 9.39. The Hall–Kier alpha value is -0.690. The Kier molecular flexibility index (Phi) is 3.98. The molecule has 1 aromatic rings. The Bertz CT molecular complexity index is 461. The summed E-state index contributed by atoms with van der Waals surface area (Å²) in [5.41, 5.74) is 7.57. The number of carbonyl (C=O) groups is 1. The molecule has 3 nitrogen and oxygen atoms in total. The van der Waals surface area contributed by atoms with E-state index in [0.717, 1.165) is 12.2 Å². The minimum absolute atomic E-state index is 0.232. The Morgan fingerprint density at radius 3 is 2.65 bits per heavy atom. The second-order valence-corrected chi connectivity index (χ2v) is 6.92. The predicted molar refractivity (Wildman–Crippen MR) is 79.3 cm³/mol. The number of nitrogens with zero attached hydrogens (tertiary/aromatic N) is 1. The predicted octanol–water partition coefficient (Wildman–Crippen LogP) is 2.67. The van der Waals surface area contributed by atoms with E-state index in [0.29, 0.717) is 4.91 Å². The average molecular weight is 360 g/mol. The molecule has 0 fully saturated rings. The number of carbonyl (C=O) groups excluding carboxylic acids is 1. The van der Waals surface area contributed by atoms with E-state index in [1.807, 2.05) is 25.1 Å². The molecule has 0 saturated carbocycles. The first-order valence-corrected chi connectivity index (χ1v) is 7.34. The molecule has 1 aliphatic heterocycles. The third kappa shape index (κ3) is 2.77. The highest BCUT2D eigenvalue weighted by atomic mass is 127. The average Bonchev–Trinajstić information content (AvgIpc) is 2.58. The SMILES string of the molecule is CC1=C(C(N)=O)SC(I)N1Cc1ccccc1. The van der Waals surface area contributed by atoms with Gasteiger partial charge in [0.2, 0.25) is 0 Å². The zero-order chi connectivity index (χ0) is 12.4. The summed E-state index contributed by atoms with van der Waals surface area (Å²) in [5, 5.41) is 0. The van der Waals surface area contributed by atoms with Gasteiger partial charge in [-0.1, -0.05) is 42.1 Å². The number of benzene rings is 1. The minimum atomic E-state index is -0.329. The fourth-order valence-corrected chi connectivity index (χ4v) is 4.07. The number of primary amides is 1. The summed E-state index contributed by atoms with van der Waals surface area (Å²) in [7, 11) is 0. The van der Waals surface area contributed by atoms with E-state index in [-0.39, 0.29) is 9.29 Å². The first-order chi connectivity index (χ1) is 8.09. The molecule has 1 unspecified atom stereocenters. The molecule has 2 N–H and O–H groups in total. The largest absolute Gasteiger partial charge is 0.365 e. The van der Waals surface area contributed by atoms with Gasteiger partial charge in [0.15, 0.2) is 0 Å². The van der Waals surface area contributed by atoms with Crippen LogP contribution in [0.3, 0.4) is 0 Å². The number of amides is 1. The van der Waals surface area contributed by atoms with E-state index in [1.165, 1.54) is 17.3 Å². The summed E-state index contributed by atoms with van der Waals surface area (Å²) in [6.45, 7) is 2.76. The Labute approximate surface area is 119 Å². The van der Waals surface area contributed by atoms with Crippen LogP contribution in [-0.2, 0) is 11.3 Å². The molecule has 1 aliphatic rings. The standard InChI is InChI=1S/C12H13IN2OS/c1-8-10(11(14)16)17-12(13)15(8)7-9-5-3-2-4-6-9/h2-6,12H,7H2,1H3,(H2,14,16). The zero-order valence-corrected chi connectivity index (χ0v) is 12.4. The Morgan fingerprint density at radius 1 is 1.47 bits per heavy atom. The van der Waals surface area contributed by atoms with Gasteiger partial charge in [0.25, 0.3) is 5.91 Å². The third-order valence-electron chi connectivity index (χ3n) is 2.64. The molecule has 0 bridgehead atoms. The summed E-state index contributed by atoms with van der Waals surface area (Å²) in [6.07, 6.45) is 0. The molecular formula is C12H13IN2OS. The lowest BCUT2D eigenvalue weighted by molar-refractivity contribution is -0.114. The van der Waals surface area contributed by atoms with Crippen molar-refractivity contribution in [2.24, 2.45) is 5.73 Å². The smallest absolute Gasteiger partial charge is 0.256 e. The monoisotopic (exact) mass is 360 g/mol. The summed E-state index contributed by atoms with van der Waals surface area (Å²) < 4.78 is 0.232. The van der Waals surface area contributed by atoms with Crippen molar-refractivity contribution in [3.63, 3.8) is 0 Å². The lowest BCUT2D eigenvalue weighted by Gasteiger charge is -2.23. The van der Waals surface area contributed by atoms with Gasteiger partial charge in [-0.05, 0) is 35.1 Å². The van der Waals surface area contributed by atoms with Gasteiger partial charge in [0.1, 0.15) is 3.38 Å². The van der Waals surface area contributed by atoms with Gasteiger partial charge in [-0.2, -0.15) is 0 Å². The van der Waals surface area contributed by atoms with Crippen LogP contribution in [0.25, 0.3) is 0 Å². The lowest BCUT2D eigenvalue weighted by Crippen LogP contribution is -2.22. The second kappa shape index (κ2) is 5.30. The molecule has 2 rings (SSSR count). The van der Waals surface area contributed by atoms with E-state index < -0.39 is 0 Å². The van der Waals surface area contributed by atoms with E-state index in [9.17, 15) is 4.79 Å². The van der Waals surface area contributed by atoms with Crippen LogP contribution in [0.15, 0.2) is 40.9 Å². The molecule has 1 amide bonds. The van der Waals surface area contributed by atoms with Crippen LogP contribution >= 0.6 is 34.4 Å². The summed E-state index contributed by atoms with van der Waals surface area (Å²) in [5.74, 6) is -0.329. The van der Waals surface area contributed by atoms with E-state index >= 15 is 0 Å². The Morgan fingerprint density at radius 2 is 2.12 bits per heavy atom. The van der Waals surface area contributed by atoms with Crippen molar-refractivity contribution in [3.8, 4) is 0 Å². The number of nitrogens with two attached hydrogens (primary N) is 1. The highest BCUT2D eigenvalue weighted by molar-refractivity contribution is 14.1. The van der Waals surface area contributed by atoms with Crippen molar-refractivity contribution in [2.75, 3.05) is 0 Å². The quantitative estimate of drug-likeness (QED) is 0.512. The minimum Gasteiger partial charge on any atom is -0.365 e. The molecule has 17 heavy (non-hydrogen) atoms. The van der Waals surface area contributed by atoms with Gasteiger partial charge in [0, 0.05) is 12.2 Å². The summed E-state index contributed by atoms with van der Waals surface area (Å²) in [4.78, 5) is 14.1. The fraction of sp³-hybridized carbons (Fsp3) is 0.250. The van der Waals surface area contributed by atoms with Crippen LogP contribution in [0.5, 0.6) is 0 Å². The highest BCUT2D eigenvalue weighted by Gasteiger charge is 2.30. The molecule has 1 atom stereocenters. The molecule has 0 spiro atoms. The number of thioether (sulfide) groups is 1. The number of hydrogen-bond acceptors (Lipinski definition) is 3. The number of allylic oxidation sites excluding steroid dienone is 1. The Balaban J connectivity index is 2.19. The topological polar surface area (TPSA) is 46.3 Å². The van der Waals surface area contributed by atoms with Crippen LogP contribution in [0.2, 0.25) is 0 Å². The normalized spacial score (nSPS) is 19.9. The first-order valence-electron chi connectivity index (χ1n) is 5.21. The fourth-order valence-electron chi connectivity index (χ4n) is 1.74. The van der Waals surface area contributed by atoms with Crippen molar-refractivity contribution in [1.82, 2.24) is 4.90 Å². The maximum atomic E-state index is 11.3. The van der Waals surface area contributed by atoms with Crippen LogP contribution < -0.4 is 5.73 Å². The maximum Gasteiger partial charge on any atom is 0.256 e. The van der Waals surface area contributed by atoms with Crippen LogP contribution in [0.1, 0.15) is 12.5 Å². The van der Waals surface area contributed by atoms with Crippen molar-refractivity contribution < 1.29 is 4.79 Å². The van der Waals surface area contributed by atoms with Crippen LogP contribution in [0.4, 0.5) is 0 Å². The van der Waals surface area contributed by atoms with E-state index in [2.05, 4.69) is 39.6 Å². The lowest BCUT2D eigenvalue weighted by atomic mass is 10.2. The third-order valence-corrected chi connectivity index (χ3v) is 5.26. The van der Waals surface area contributed by atoms with Gasteiger partial charge in [-0.3, -0.25) is 4.79 Å². The van der Waals surface area contributed by atoms with Crippen LogP contribution in [0, 0.1) is 0 Å². The number of alkyl halides is 1. The van der Waals surface area contributed by atoms with Gasteiger partial charge >= 0.3 is 0 Å².